The van der Waals surface area contributed by atoms with Gasteiger partial charge in [-0.15, -0.1) is 0 Å². The largest absolute Gasteiger partial charge is 0.458 e. The molecule has 8 nitrogen and oxygen atoms in total. The van der Waals surface area contributed by atoms with Crippen LogP contribution >= 0.6 is 0 Å². The van der Waals surface area contributed by atoms with E-state index in [1.807, 2.05) is 72.9 Å². The van der Waals surface area contributed by atoms with Gasteiger partial charge < -0.3 is 9.40 Å². The third-order valence-corrected chi connectivity index (χ3v) is 7.91. The molecule has 0 aliphatic rings. The number of furan rings is 1. The van der Waals surface area contributed by atoms with Crippen molar-refractivity contribution in [3.63, 3.8) is 0 Å². The first-order valence-electron chi connectivity index (χ1n) is 11.8. The molecule has 0 bridgehead atoms. The summed E-state index contributed by atoms with van der Waals surface area (Å²) in [4.78, 5) is 13.7. The Labute approximate surface area is 217 Å². The molecule has 9 heteroatoms. The fraction of sp³-hybridized carbons (Fsp3) is 0.0345. The lowest BCUT2D eigenvalue weighted by Crippen LogP contribution is -2.15. The van der Waals surface area contributed by atoms with Crippen LogP contribution < -0.4 is 4.72 Å². The zero-order chi connectivity index (χ0) is 26.3. The normalized spacial score (nSPS) is 12.5. The molecule has 0 fully saturated rings. The average Bonchev–Trinajstić information content (AvgIpc) is 3.51. The zero-order valence-electron chi connectivity index (χ0n) is 19.9. The van der Waals surface area contributed by atoms with Crippen LogP contribution in [-0.4, -0.2) is 18.3 Å². The summed E-state index contributed by atoms with van der Waals surface area (Å²) in [6, 6.07) is 29.7. The van der Waals surface area contributed by atoms with E-state index in [-0.39, 0.29) is 10.6 Å². The number of nitro groups is 1. The van der Waals surface area contributed by atoms with E-state index >= 15 is 0 Å². The second-order valence-electron chi connectivity index (χ2n) is 8.83. The molecule has 1 unspecified atom stereocenters. The molecule has 0 radical (unpaired) electrons. The van der Waals surface area contributed by atoms with Gasteiger partial charge in [0.1, 0.15) is 11.3 Å². The van der Waals surface area contributed by atoms with Crippen LogP contribution in [-0.2, 0) is 10.0 Å². The average molecular weight is 524 g/mol. The van der Waals surface area contributed by atoms with Gasteiger partial charge in [-0.2, -0.15) is 0 Å². The minimum Gasteiger partial charge on any atom is -0.458 e. The molecule has 1 atom stereocenters. The number of sulfonamides is 1. The number of nitrogens with one attached hydrogen (secondary N) is 2. The standard InChI is InChI=1S/C29H21N3O5S/c33-32(34)20-14-16-21(17-15-20)38(35,36)31-28-23-11-5-7-13-26(23)37-29(28)27(19-8-2-1-3-9-19)24-18-30-25-12-6-4-10-22(24)25/h1-18,27,30-31H. The molecule has 2 aromatic heterocycles. The van der Waals surface area contributed by atoms with Crippen molar-refractivity contribution < 1.29 is 17.8 Å². The van der Waals surface area contributed by atoms with E-state index in [1.54, 1.807) is 12.1 Å². The molecule has 38 heavy (non-hydrogen) atoms. The molecular weight excluding hydrogens is 502 g/mol. The number of nitro benzene ring substituents is 1. The minimum absolute atomic E-state index is 0.0947. The summed E-state index contributed by atoms with van der Waals surface area (Å²) in [5.74, 6) is 0.00181. The molecule has 2 N–H and O–H groups in total. The lowest BCUT2D eigenvalue weighted by Gasteiger charge is -2.18. The van der Waals surface area contributed by atoms with Crippen molar-refractivity contribution in [2.75, 3.05) is 4.72 Å². The van der Waals surface area contributed by atoms with E-state index in [1.165, 1.54) is 24.3 Å². The summed E-state index contributed by atoms with van der Waals surface area (Å²) in [5.41, 5.74) is 3.46. The molecule has 6 rings (SSSR count). The van der Waals surface area contributed by atoms with Gasteiger partial charge in [0.25, 0.3) is 15.7 Å². The van der Waals surface area contributed by atoms with Gasteiger partial charge in [-0.05, 0) is 41.5 Å². The Kier molecular flexibility index (Phi) is 5.69. The Morgan fingerprint density at radius 2 is 1.47 bits per heavy atom. The number of benzene rings is 4. The number of para-hydroxylation sites is 2. The molecular formula is C29H21N3O5S. The summed E-state index contributed by atoms with van der Waals surface area (Å²) in [5, 5.41) is 12.6. The molecule has 0 saturated carbocycles. The Morgan fingerprint density at radius 1 is 0.816 bits per heavy atom. The number of H-pyrrole nitrogens is 1. The van der Waals surface area contributed by atoms with E-state index in [0.717, 1.165) is 22.0 Å². The maximum Gasteiger partial charge on any atom is 0.269 e. The lowest BCUT2D eigenvalue weighted by atomic mass is 9.88. The number of non-ortho nitro benzene ring substituents is 1. The van der Waals surface area contributed by atoms with Crippen molar-refractivity contribution in [2.24, 2.45) is 0 Å². The third kappa shape index (κ3) is 4.08. The van der Waals surface area contributed by atoms with Gasteiger partial charge >= 0.3 is 0 Å². The number of fused-ring (bicyclic) bond motifs is 2. The minimum atomic E-state index is -4.11. The second-order valence-corrected chi connectivity index (χ2v) is 10.5. The van der Waals surface area contributed by atoms with E-state index in [0.29, 0.717) is 22.4 Å². The summed E-state index contributed by atoms with van der Waals surface area (Å²) in [6.45, 7) is 0. The quantitative estimate of drug-likeness (QED) is 0.176. The number of hydrogen-bond donors (Lipinski definition) is 2. The van der Waals surface area contributed by atoms with E-state index in [2.05, 4.69) is 9.71 Å². The second kappa shape index (κ2) is 9.20. The highest BCUT2D eigenvalue weighted by molar-refractivity contribution is 7.92. The van der Waals surface area contributed by atoms with Crippen LogP contribution in [0.25, 0.3) is 21.9 Å². The first-order chi connectivity index (χ1) is 18.4. The zero-order valence-corrected chi connectivity index (χ0v) is 20.7. The lowest BCUT2D eigenvalue weighted by molar-refractivity contribution is -0.384. The van der Waals surface area contributed by atoms with Crippen molar-refractivity contribution in [2.45, 2.75) is 10.8 Å². The highest BCUT2D eigenvalue weighted by Gasteiger charge is 2.30. The fourth-order valence-electron chi connectivity index (χ4n) is 4.76. The summed E-state index contributed by atoms with van der Waals surface area (Å²) in [6.07, 6.45) is 1.92. The summed E-state index contributed by atoms with van der Waals surface area (Å²) >= 11 is 0. The molecule has 0 aliphatic carbocycles. The molecule has 0 spiro atoms. The van der Waals surface area contributed by atoms with Crippen LogP contribution in [0.1, 0.15) is 22.8 Å². The number of nitrogens with zero attached hydrogens (tertiary/aromatic N) is 1. The number of hydrogen-bond acceptors (Lipinski definition) is 5. The number of aromatic amines is 1. The highest BCUT2D eigenvalue weighted by atomic mass is 32.2. The molecule has 0 aliphatic heterocycles. The first-order valence-corrected chi connectivity index (χ1v) is 13.3. The van der Waals surface area contributed by atoms with Crippen molar-refractivity contribution in [1.82, 2.24) is 4.98 Å². The monoisotopic (exact) mass is 523 g/mol. The van der Waals surface area contributed by atoms with E-state index in [4.69, 9.17) is 4.42 Å². The van der Waals surface area contributed by atoms with Gasteiger partial charge in [0.2, 0.25) is 0 Å². The summed E-state index contributed by atoms with van der Waals surface area (Å²) < 4.78 is 36.1. The van der Waals surface area contributed by atoms with Gasteiger partial charge in [0.15, 0.2) is 0 Å². The molecule has 188 valence electrons. The fourth-order valence-corrected chi connectivity index (χ4v) is 5.86. The maximum atomic E-state index is 13.5. The summed E-state index contributed by atoms with van der Waals surface area (Å²) in [7, 11) is -4.11. The van der Waals surface area contributed by atoms with E-state index in [9.17, 15) is 18.5 Å². The molecule has 6 aromatic rings. The number of aromatic nitrogens is 1. The Hall–Kier alpha value is -4.89. The number of anilines is 1. The molecule has 2 heterocycles. The predicted molar refractivity (Wildman–Crippen MR) is 146 cm³/mol. The predicted octanol–water partition coefficient (Wildman–Crippen LogP) is 6.80. The first kappa shape index (κ1) is 23.5. The maximum absolute atomic E-state index is 13.5. The Morgan fingerprint density at radius 3 is 2.21 bits per heavy atom. The van der Waals surface area contributed by atoms with Crippen LogP contribution in [0.2, 0.25) is 0 Å². The Bertz CT molecular complexity index is 1890. The van der Waals surface area contributed by atoms with Crippen LogP contribution in [0.3, 0.4) is 0 Å². The van der Waals surface area contributed by atoms with Crippen molar-refractivity contribution in [3.05, 3.63) is 136 Å². The van der Waals surface area contributed by atoms with E-state index < -0.39 is 20.9 Å². The van der Waals surface area contributed by atoms with Gasteiger partial charge in [-0.25, -0.2) is 8.42 Å². The van der Waals surface area contributed by atoms with Crippen LogP contribution in [0, 0.1) is 10.1 Å². The molecule has 0 amide bonds. The van der Waals surface area contributed by atoms with Crippen molar-refractivity contribution in [3.8, 4) is 0 Å². The Balaban J connectivity index is 1.55. The van der Waals surface area contributed by atoms with Gasteiger partial charge in [-0.1, -0.05) is 60.7 Å². The SMILES string of the molecule is O=[N+]([O-])c1ccc(S(=O)(=O)Nc2c(C(c3ccccc3)c3c[nH]c4ccccc34)oc3ccccc23)cc1. The van der Waals surface area contributed by atoms with Gasteiger partial charge in [-0.3, -0.25) is 14.8 Å². The third-order valence-electron chi connectivity index (χ3n) is 6.54. The van der Waals surface area contributed by atoms with Crippen LogP contribution in [0.15, 0.2) is 119 Å². The highest BCUT2D eigenvalue weighted by Crippen LogP contribution is 2.44. The number of rotatable bonds is 7. The molecule has 0 saturated heterocycles. The molecule has 4 aromatic carbocycles. The topological polar surface area (TPSA) is 118 Å². The van der Waals surface area contributed by atoms with Crippen LogP contribution in [0.4, 0.5) is 11.4 Å². The van der Waals surface area contributed by atoms with Crippen LogP contribution in [0.5, 0.6) is 0 Å². The van der Waals surface area contributed by atoms with Gasteiger partial charge in [0, 0.05) is 34.6 Å². The van der Waals surface area contributed by atoms with Gasteiger partial charge in [0.05, 0.1) is 21.4 Å². The van der Waals surface area contributed by atoms with Crippen molar-refractivity contribution in [1.29, 1.82) is 0 Å². The smallest absolute Gasteiger partial charge is 0.269 e. The van der Waals surface area contributed by atoms with Crippen molar-refractivity contribution >= 4 is 43.3 Å².